The van der Waals surface area contributed by atoms with E-state index in [0.717, 1.165) is 10.6 Å². The van der Waals surface area contributed by atoms with Crippen molar-refractivity contribution in [3.63, 3.8) is 0 Å². The maximum atomic E-state index is 12.7. The minimum absolute atomic E-state index is 0.260. The highest BCUT2D eigenvalue weighted by atomic mass is 32.1. The lowest BCUT2D eigenvalue weighted by molar-refractivity contribution is 0.102. The van der Waals surface area contributed by atoms with Crippen LogP contribution in [0.25, 0.3) is 0 Å². The lowest BCUT2D eigenvalue weighted by atomic mass is 10.1. The summed E-state index contributed by atoms with van der Waals surface area (Å²) < 4.78 is 0. The van der Waals surface area contributed by atoms with Crippen LogP contribution in [-0.2, 0) is 0 Å². The molecule has 3 rings (SSSR count). The van der Waals surface area contributed by atoms with E-state index in [9.17, 15) is 9.59 Å². The van der Waals surface area contributed by atoms with Gasteiger partial charge in [-0.05, 0) is 50.6 Å². The third-order valence-electron chi connectivity index (χ3n) is 3.81. The molecule has 26 heavy (non-hydrogen) atoms. The van der Waals surface area contributed by atoms with E-state index in [0.29, 0.717) is 27.5 Å². The van der Waals surface area contributed by atoms with E-state index in [2.05, 4.69) is 15.6 Å². The van der Waals surface area contributed by atoms with Crippen molar-refractivity contribution in [3.8, 4) is 0 Å². The molecule has 5 nitrogen and oxygen atoms in total. The summed E-state index contributed by atoms with van der Waals surface area (Å²) in [6.07, 6.45) is 0. The lowest BCUT2D eigenvalue weighted by Gasteiger charge is -2.11. The van der Waals surface area contributed by atoms with Crippen molar-refractivity contribution in [2.75, 3.05) is 10.6 Å². The minimum atomic E-state index is -0.274. The average Bonchev–Trinajstić information content (AvgIpc) is 2.94. The Hall–Kier alpha value is -2.99. The number of nitrogens with zero attached hydrogens (tertiary/aromatic N) is 1. The summed E-state index contributed by atoms with van der Waals surface area (Å²) in [6, 6.07) is 14.5. The van der Waals surface area contributed by atoms with Crippen LogP contribution in [0.5, 0.6) is 0 Å². The lowest BCUT2D eigenvalue weighted by Crippen LogP contribution is -2.18. The van der Waals surface area contributed by atoms with Crippen molar-refractivity contribution < 1.29 is 9.59 Å². The van der Waals surface area contributed by atoms with Gasteiger partial charge in [0.05, 0.1) is 22.0 Å². The van der Waals surface area contributed by atoms with E-state index in [1.807, 2.05) is 38.1 Å². The van der Waals surface area contributed by atoms with E-state index in [1.165, 1.54) is 11.3 Å². The number of aromatic nitrogens is 1. The van der Waals surface area contributed by atoms with Gasteiger partial charge in [-0.3, -0.25) is 9.59 Å². The number of carbonyl (C=O) groups is 2. The second-order valence-electron chi connectivity index (χ2n) is 5.97. The fraction of sp³-hybridized carbons (Fsp3) is 0.150. The van der Waals surface area contributed by atoms with Gasteiger partial charge in [0.2, 0.25) is 0 Å². The van der Waals surface area contributed by atoms with Crippen LogP contribution in [0.2, 0.25) is 0 Å². The molecule has 0 atom stereocenters. The monoisotopic (exact) mass is 365 g/mol. The number of nitrogens with one attached hydrogen (secondary N) is 2. The van der Waals surface area contributed by atoms with Gasteiger partial charge in [0.15, 0.2) is 0 Å². The standard InChI is InChI=1S/C20H19N3O2S/c1-12-7-6-8-15(11-12)22-19(24)16-9-4-5-10-17(16)23-20(25)18-13(2)21-14(3)26-18/h4-11H,1-3H3,(H,22,24)(H,23,25). The van der Waals surface area contributed by atoms with Gasteiger partial charge in [0.1, 0.15) is 4.88 Å². The average molecular weight is 365 g/mol. The molecule has 0 unspecified atom stereocenters. The van der Waals surface area contributed by atoms with Crippen LogP contribution in [0.3, 0.4) is 0 Å². The third kappa shape index (κ3) is 3.97. The Labute approximate surface area is 156 Å². The second kappa shape index (κ2) is 7.49. The Morgan fingerprint density at radius 2 is 1.69 bits per heavy atom. The predicted molar refractivity (Wildman–Crippen MR) is 105 cm³/mol. The van der Waals surface area contributed by atoms with Crippen molar-refractivity contribution in [2.45, 2.75) is 20.8 Å². The Kier molecular flexibility index (Phi) is 5.14. The molecule has 1 aromatic heterocycles. The Bertz CT molecular complexity index is 979. The Morgan fingerprint density at radius 1 is 0.923 bits per heavy atom. The van der Waals surface area contributed by atoms with E-state index in [-0.39, 0.29) is 11.8 Å². The SMILES string of the molecule is Cc1cccc(NC(=O)c2ccccc2NC(=O)c2sc(C)nc2C)c1. The molecule has 0 saturated heterocycles. The first kappa shape index (κ1) is 17.8. The molecular weight excluding hydrogens is 346 g/mol. The van der Waals surface area contributed by atoms with Crippen molar-refractivity contribution in [3.05, 3.63) is 75.2 Å². The number of aryl methyl sites for hydroxylation is 3. The zero-order chi connectivity index (χ0) is 18.7. The molecule has 2 aromatic carbocycles. The largest absolute Gasteiger partial charge is 0.322 e. The van der Waals surface area contributed by atoms with Crippen LogP contribution in [-0.4, -0.2) is 16.8 Å². The van der Waals surface area contributed by atoms with Crippen molar-refractivity contribution in [1.82, 2.24) is 4.98 Å². The van der Waals surface area contributed by atoms with Crippen LogP contribution >= 0.6 is 11.3 Å². The molecular formula is C20H19N3O2S. The second-order valence-corrected chi connectivity index (χ2v) is 7.17. The van der Waals surface area contributed by atoms with Gasteiger partial charge in [-0.2, -0.15) is 0 Å². The number of carbonyl (C=O) groups excluding carboxylic acids is 2. The first-order chi connectivity index (χ1) is 12.4. The molecule has 0 saturated carbocycles. The number of hydrogen-bond acceptors (Lipinski definition) is 4. The molecule has 0 fully saturated rings. The smallest absolute Gasteiger partial charge is 0.267 e. The summed E-state index contributed by atoms with van der Waals surface area (Å²) in [7, 11) is 0. The zero-order valence-electron chi connectivity index (χ0n) is 14.8. The number of hydrogen-bond donors (Lipinski definition) is 2. The summed E-state index contributed by atoms with van der Waals surface area (Å²) in [4.78, 5) is 30.0. The molecule has 0 radical (unpaired) electrons. The number of amides is 2. The van der Waals surface area contributed by atoms with Gasteiger partial charge in [0.25, 0.3) is 11.8 Å². The van der Waals surface area contributed by atoms with E-state index < -0.39 is 0 Å². The van der Waals surface area contributed by atoms with Gasteiger partial charge in [-0.25, -0.2) is 4.98 Å². The van der Waals surface area contributed by atoms with Crippen LogP contribution < -0.4 is 10.6 Å². The normalized spacial score (nSPS) is 10.4. The van der Waals surface area contributed by atoms with Gasteiger partial charge < -0.3 is 10.6 Å². The Balaban J connectivity index is 1.82. The van der Waals surface area contributed by atoms with E-state index in [4.69, 9.17) is 0 Å². The molecule has 2 N–H and O–H groups in total. The van der Waals surface area contributed by atoms with E-state index >= 15 is 0 Å². The molecule has 132 valence electrons. The predicted octanol–water partition coefficient (Wildman–Crippen LogP) is 4.57. The van der Waals surface area contributed by atoms with Gasteiger partial charge >= 0.3 is 0 Å². The first-order valence-corrected chi connectivity index (χ1v) is 8.98. The molecule has 0 spiro atoms. The fourth-order valence-corrected chi connectivity index (χ4v) is 3.45. The summed E-state index contributed by atoms with van der Waals surface area (Å²) in [5.41, 5.74) is 3.33. The summed E-state index contributed by atoms with van der Waals surface area (Å²) >= 11 is 1.34. The quantitative estimate of drug-likeness (QED) is 0.711. The number of benzene rings is 2. The highest BCUT2D eigenvalue weighted by Gasteiger charge is 2.17. The molecule has 3 aromatic rings. The van der Waals surface area contributed by atoms with Crippen molar-refractivity contribution in [1.29, 1.82) is 0 Å². The first-order valence-electron chi connectivity index (χ1n) is 8.16. The molecule has 2 amide bonds. The number of thiazole rings is 1. The maximum absolute atomic E-state index is 12.7. The number of rotatable bonds is 4. The molecule has 0 aliphatic carbocycles. The van der Waals surface area contributed by atoms with Gasteiger partial charge in [-0.15, -0.1) is 11.3 Å². The minimum Gasteiger partial charge on any atom is -0.322 e. The zero-order valence-corrected chi connectivity index (χ0v) is 15.6. The molecule has 6 heteroatoms. The number of para-hydroxylation sites is 1. The van der Waals surface area contributed by atoms with Crippen molar-refractivity contribution in [2.24, 2.45) is 0 Å². The Morgan fingerprint density at radius 3 is 2.38 bits per heavy atom. The number of anilines is 2. The molecule has 0 aliphatic heterocycles. The van der Waals surface area contributed by atoms with Crippen LogP contribution in [0.1, 0.15) is 36.3 Å². The molecule has 1 heterocycles. The summed E-state index contributed by atoms with van der Waals surface area (Å²) in [5, 5.41) is 6.53. The maximum Gasteiger partial charge on any atom is 0.267 e. The van der Waals surface area contributed by atoms with Crippen molar-refractivity contribution >= 4 is 34.5 Å². The van der Waals surface area contributed by atoms with Gasteiger partial charge in [0, 0.05) is 5.69 Å². The fourth-order valence-electron chi connectivity index (χ4n) is 2.63. The van der Waals surface area contributed by atoms with E-state index in [1.54, 1.807) is 31.2 Å². The van der Waals surface area contributed by atoms with Crippen LogP contribution in [0.4, 0.5) is 11.4 Å². The molecule has 0 aliphatic rings. The summed E-state index contributed by atoms with van der Waals surface area (Å²) in [6.45, 7) is 5.62. The highest BCUT2D eigenvalue weighted by molar-refractivity contribution is 7.13. The van der Waals surface area contributed by atoms with Gasteiger partial charge in [-0.1, -0.05) is 24.3 Å². The third-order valence-corrected chi connectivity index (χ3v) is 4.88. The van der Waals surface area contributed by atoms with Crippen LogP contribution in [0.15, 0.2) is 48.5 Å². The topological polar surface area (TPSA) is 71.1 Å². The highest BCUT2D eigenvalue weighted by Crippen LogP contribution is 2.22. The summed E-state index contributed by atoms with van der Waals surface area (Å²) in [5.74, 6) is -0.535. The molecule has 0 bridgehead atoms. The van der Waals surface area contributed by atoms with Crippen LogP contribution in [0, 0.1) is 20.8 Å².